The lowest BCUT2D eigenvalue weighted by Gasteiger charge is -2.26. The summed E-state index contributed by atoms with van der Waals surface area (Å²) in [5.74, 6) is -1.15. The predicted molar refractivity (Wildman–Crippen MR) is 81.6 cm³/mol. The first-order valence-corrected chi connectivity index (χ1v) is 8.90. The Morgan fingerprint density at radius 3 is 2.48 bits per heavy atom. The van der Waals surface area contributed by atoms with E-state index in [1.165, 1.54) is 12.1 Å². The van der Waals surface area contributed by atoms with E-state index >= 15 is 0 Å². The maximum atomic E-state index is 12.4. The van der Waals surface area contributed by atoms with E-state index in [9.17, 15) is 13.2 Å². The minimum absolute atomic E-state index is 0.0246. The van der Waals surface area contributed by atoms with Crippen molar-refractivity contribution in [3.05, 3.63) is 27.7 Å². The molecule has 0 spiro atoms. The minimum Gasteiger partial charge on any atom is -0.478 e. The molecule has 0 aromatic heterocycles. The van der Waals surface area contributed by atoms with Crippen LogP contribution >= 0.6 is 15.9 Å². The summed E-state index contributed by atoms with van der Waals surface area (Å²) in [4.78, 5) is 13.7. The molecule has 0 aliphatic carbocycles. The van der Waals surface area contributed by atoms with Gasteiger partial charge in [-0.1, -0.05) is 22.4 Å². The largest absolute Gasteiger partial charge is 0.478 e. The van der Waals surface area contributed by atoms with Crippen molar-refractivity contribution in [1.29, 1.82) is 0 Å². The fourth-order valence-electron chi connectivity index (χ4n) is 2.24. The first-order valence-electron chi connectivity index (χ1n) is 6.62. The number of rotatable bonds is 4. The van der Waals surface area contributed by atoms with Gasteiger partial charge in [0.05, 0.1) is 10.5 Å². The average molecular weight is 377 g/mol. The number of nitrogens with zero attached hydrogens (tertiary/aromatic N) is 1. The van der Waals surface area contributed by atoms with Gasteiger partial charge < -0.3 is 5.11 Å². The third-order valence-corrected chi connectivity index (χ3v) is 5.64. The first-order chi connectivity index (χ1) is 9.81. The second kappa shape index (κ2) is 6.43. The van der Waals surface area contributed by atoms with Gasteiger partial charge in [-0.2, -0.15) is 0 Å². The average Bonchev–Trinajstić information content (AvgIpc) is 2.41. The lowest BCUT2D eigenvalue weighted by molar-refractivity contribution is 0.0695. The maximum Gasteiger partial charge on any atom is 0.336 e. The molecule has 1 fully saturated rings. The quantitative estimate of drug-likeness (QED) is 0.840. The van der Waals surface area contributed by atoms with Gasteiger partial charge in [-0.15, -0.1) is 4.83 Å². The van der Waals surface area contributed by atoms with Gasteiger partial charge in [0, 0.05) is 17.6 Å². The van der Waals surface area contributed by atoms with E-state index in [-0.39, 0.29) is 10.5 Å². The highest BCUT2D eigenvalue weighted by Crippen LogP contribution is 2.25. The number of nitrogens with one attached hydrogen (secondary N) is 1. The molecular weight excluding hydrogens is 360 g/mol. The number of carbonyl (C=O) groups is 1. The fraction of sp³-hybridized carbons (Fsp3) is 0.462. The zero-order valence-electron chi connectivity index (χ0n) is 11.6. The molecule has 0 saturated carbocycles. The number of hydrazine groups is 1. The molecule has 1 saturated heterocycles. The van der Waals surface area contributed by atoms with Crippen LogP contribution in [0.5, 0.6) is 0 Å². The summed E-state index contributed by atoms with van der Waals surface area (Å²) in [6, 6.07) is 2.61. The van der Waals surface area contributed by atoms with Crippen molar-refractivity contribution in [1.82, 2.24) is 9.84 Å². The van der Waals surface area contributed by atoms with Crippen LogP contribution in [-0.2, 0) is 10.0 Å². The Kier molecular flexibility index (Phi) is 5.03. The third kappa shape index (κ3) is 3.82. The van der Waals surface area contributed by atoms with Gasteiger partial charge in [-0.25, -0.2) is 18.2 Å². The smallest absolute Gasteiger partial charge is 0.336 e. The van der Waals surface area contributed by atoms with Crippen molar-refractivity contribution >= 4 is 31.9 Å². The number of piperidine rings is 1. The summed E-state index contributed by atoms with van der Waals surface area (Å²) in [5.41, 5.74) is 0.475. The lowest BCUT2D eigenvalue weighted by atomic mass is 10.1. The molecule has 0 bridgehead atoms. The van der Waals surface area contributed by atoms with Crippen molar-refractivity contribution in [3.63, 3.8) is 0 Å². The summed E-state index contributed by atoms with van der Waals surface area (Å²) in [7, 11) is -3.77. The van der Waals surface area contributed by atoms with Crippen LogP contribution in [0.4, 0.5) is 0 Å². The Labute approximate surface area is 132 Å². The summed E-state index contributed by atoms with van der Waals surface area (Å²) in [6.45, 7) is 2.96. The van der Waals surface area contributed by atoms with E-state index in [2.05, 4.69) is 20.8 Å². The predicted octanol–water partition coefficient (Wildman–Crippen LogP) is 2.13. The summed E-state index contributed by atoms with van der Waals surface area (Å²) in [5, 5.41) is 10.8. The van der Waals surface area contributed by atoms with Gasteiger partial charge in [0.25, 0.3) is 10.0 Å². The van der Waals surface area contributed by atoms with Gasteiger partial charge in [-0.05, 0) is 37.5 Å². The van der Waals surface area contributed by atoms with Crippen LogP contribution in [0, 0.1) is 6.92 Å². The Morgan fingerprint density at radius 1 is 1.29 bits per heavy atom. The van der Waals surface area contributed by atoms with Crippen molar-refractivity contribution in [2.45, 2.75) is 31.1 Å². The van der Waals surface area contributed by atoms with Crippen LogP contribution in [0.1, 0.15) is 35.2 Å². The van der Waals surface area contributed by atoms with E-state index in [0.717, 1.165) is 19.3 Å². The van der Waals surface area contributed by atoms with E-state index < -0.39 is 16.0 Å². The number of carboxylic acid groups (broad SMARTS) is 1. The monoisotopic (exact) mass is 376 g/mol. The van der Waals surface area contributed by atoms with Crippen molar-refractivity contribution in [2.75, 3.05) is 13.1 Å². The number of carboxylic acids is 1. The Bertz CT molecular complexity index is 654. The molecule has 1 heterocycles. The normalized spacial score (nSPS) is 16.9. The number of benzene rings is 1. The standard InChI is InChI=1S/C13H17BrN2O4S/c1-9-11(13(17)18)7-10(8-12(9)14)21(19,20)15-16-5-3-2-4-6-16/h7-8,15H,2-6H2,1H3,(H,17,18). The Balaban J connectivity index is 2.33. The fourth-order valence-corrected chi connectivity index (χ4v) is 4.02. The highest BCUT2D eigenvalue weighted by molar-refractivity contribution is 9.10. The molecule has 2 N–H and O–H groups in total. The zero-order valence-corrected chi connectivity index (χ0v) is 14.0. The van der Waals surface area contributed by atoms with Gasteiger partial charge in [0.1, 0.15) is 0 Å². The first kappa shape index (κ1) is 16.4. The molecule has 116 valence electrons. The van der Waals surface area contributed by atoms with Gasteiger partial charge in [-0.3, -0.25) is 0 Å². The number of halogens is 1. The summed E-state index contributed by atoms with van der Waals surface area (Å²) >= 11 is 3.21. The van der Waals surface area contributed by atoms with Crippen LogP contribution < -0.4 is 4.83 Å². The molecule has 0 unspecified atom stereocenters. The summed E-state index contributed by atoms with van der Waals surface area (Å²) < 4.78 is 25.2. The van der Waals surface area contributed by atoms with Crippen LogP contribution in [-0.4, -0.2) is 37.6 Å². The molecule has 1 aliphatic rings. The third-order valence-electron chi connectivity index (χ3n) is 3.46. The Hall–Kier alpha value is -0.960. The zero-order chi connectivity index (χ0) is 15.6. The molecule has 21 heavy (non-hydrogen) atoms. The van der Waals surface area contributed by atoms with Crippen molar-refractivity contribution in [2.24, 2.45) is 0 Å². The van der Waals surface area contributed by atoms with E-state index in [1.54, 1.807) is 11.9 Å². The molecule has 1 aromatic carbocycles. The van der Waals surface area contributed by atoms with E-state index in [1.807, 2.05) is 0 Å². The minimum atomic E-state index is -3.77. The van der Waals surface area contributed by atoms with Gasteiger partial charge in [0.15, 0.2) is 0 Å². The molecule has 2 rings (SSSR count). The number of hydrogen-bond acceptors (Lipinski definition) is 4. The maximum absolute atomic E-state index is 12.4. The highest BCUT2D eigenvalue weighted by Gasteiger charge is 2.23. The van der Waals surface area contributed by atoms with E-state index in [4.69, 9.17) is 5.11 Å². The summed E-state index contributed by atoms with van der Waals surface area (Å²) in [6.07, 6.45) is 2.98. The molecule has 1 aromatic rings. The number of aromatic carboxylic acids is 1. The number of hydrogen-bond donors (Lipinski definition) is 2. The second-order valence-corrected chi connectivity index (χ2v) is 7.54. The molecule has 0 amide bonds. The van der Waals surface area contributed by atoms with Crippen LogP contribution in [0.3, 0.4) is 0 Å². The van der Waals surface area contributed by atoms with Crippen LogP contribution in [0.25, 0.3) is 0 Å². The molecule has 0 radical (unpaired) electrons. The molecule has 8 heteroatoms. The van der Waals surface area contributed by atoms with Crippen LogP contribution in [0.2, 0.25) is 0 Å². The molecular formula is C13H17BrN2O4S. The molecule has 1 aliphatic heterocycles. The topological polar surface area (TPSA) is 86.7 Å². The van der Waals surface area contributed by atoms with Gasteiger partial charge >= 0.3 is 5.97 Å². The van der Waals surface area contributed by atoms with Crippen LogP contribution in [0.15, 0.2) is 21.5 Å². The highest BCUT2D eigenvalue weighted by atomic mass is 79.9. The molecule has 0 atom stereocenters. The van der Waals surface area contributed by atoms with Gasteiger partial charge in [0.2, 0.25) is 0 Å². The molecule has 6 nitrogen and oxygen atoms in total. The van der Waals surface area contributed by atoms with Crippen molar-refractivity contribution < 1.29 is 18.3 Å². The number of sulfonamides is 1. The Morgan fingerprint density at radius 2 is 1.90 bits per heavy atom. The van der Waals surface area contributed by atoms with Crippen molar-refractivity contribution in [3.8, 4) is 0 Å². The van der Waals surface area contributed by atoms with E-state index in [0.29, 0.717) is 23.1 Å². The lowest BCUT2D eigenvalue weighted by Crippen LogP contribution is -2.44. The SMILES string of the molecule is Cc1c(Br)cc(S(=O)(=O)NN2CCCCC2)cc1C(=O)O. The second-order valence-electron chi connectivity index (χ2n) is 5.03.